The predicted molar refractivity (Wildman–Crippen MR) is 73.4 cm³/mol. The van der Waals surface area contributed by atoms with E-state index in [2.05, 4.69) is 4.98 Å². The molecule has 1 aromatic rings. The third kappa shape index (κ3) is 2.46. The van der Waals surface area contributed by atoms with Gasteiger partial charge in [-0.15, -0.1) is 0 Å². The average molecular weight is 270 g/mol. The number of hydrogen-bond acceptors (Lipinski definition) is 4. The van der Waals surface area contributed by atoms with Gasteiger partial charge in [-0.05, 0) is 18.9 Å². The highest BCUT2D eigenvalue weighted by Gasteiger charge is 2.39. The van der Waals surface area contributed by atoms with E-state index in [9.17, 15) is 0 Å². The van der Waals surface area contributed by atoms with Crippen LogP contribution in [0.5, 0.6) is 0 Å². The molecular formula is C13H20ClN3O. The number of nitrogens with zero attached hydrogens (tertiary/aromatic N) is 1. The number of hydrogen-bond donors (Lipinski definition) is 2. The molecule has 0 bridgehead atoms. The Balaban J connectivity index is 2.33. The maximum absolute atomic E-state index is 6.38. The minimum absolute atomic E-state index is 0.283. The van der Waals surface area contributed by atoms with Crippen LogP contribution in [-0.4, -0.2) is 17.7 Å². The van der Waals surface area contributed by atoms with Crippen LogP contribution in [0.15, 0.2) is 12.3 Å². The molecule has 0 radical (unpaired) electrons. The second kappa shape index (κ2) is 5.43. The first kappa shape index (κ1) is 13.6. The minimum atomic E-state index is -0.335. The fraction of sp³-hybridized carbons (Fsp3) is 0.615. The van der Waals surface area contributed by atoms with E-state index in [1.165, 1.54) is 12.6 Å². The number of nitrogen functional groups attached to an aromatic ring is 1. The van der Waals surface area contributed by atoms with Crippen molar-refractivity contribution >= 4 is 17.4 Å². The highest BCUT2D eigenvalue weighted by atomic mass is 35.5. The minimum Gasteiger partial charge on any atom is -0.383 e. The third-order valence-electron chi connectivity index (χ3n) is 3.92. The number of anilines is 1. The molecule has 0 spiro atoms. The van der Waals surface area contributed by atoms with Crippen LogP contribution in [0.3, 0.4) is 0 Å². The highest BCUT2D eigenvalue weighted by molar-refractivity contribution is 6.30. The molecule has 1 unspecified atom stereocenters. The van der Waals surface area contributed by atoms with E-state index in [0.717, 1.165) is 31.2 Å². The van der Waals surface area contributed by atoms with E-state index < -0.39 is 0 Å². The Morgan fingerprint density at radius 1 is 1.39 bits per heavy atom. The van der Waals surface area contributed by atoms with Gasteiger partial charge in [0.25, 0.3) is 0 Å². The molecule has 18 heavy (non-hydrogen) atoms. The number of halogens is 1. The van der Waals surface area contributed by atoms with Crippen molar-refractivity contribution < 1.29 is 4.74 Å². The maximum atomic E-state index is 6.38. The first-order valence-electron chi connectivity index (χ1n) is 6.31. The first-order chi connectivity index (χ1) is 8.59. The van der Waals surface area contributed by atoms with Crippen LogP contribution in [-0.2, 0) is 4.74 Å². The lowest BCUT2D eigenvalue weighted by atomic mass is 9.77. The van der Waals surface area contributed by atoms with Crippen molar-refractivity contribution in [1.82, 2.24) is 4.98 Å². The molecule has 0 amide bonds. The van der Waals surface area contributed by atoms with Crippen molar-refractivity contribution in [1.29, 1.82) is 0 Å². The Morgan fingerprint density at radius 2 is 2.06 bits per heavy atom. The third-order valence-corrected chi connectivity index (χ3v) is 4.13. The lowest BCUT2D eigenvalue weighted by molar-refractivity contribution is -0.0594. The fourth-order valence-corrected chi connectivity index (χ4v) is 2.96. The van der Waals surface area contributed by atoms with Crippen molar-refractivity contribution in [2.45, 2.75) is 43.7 Å². The SMILES string of the molecule is COC1(C(N)c2cc(Cl)cnc2N)CCCCC1. The summed E-state index contributed by atoms with van der Waals surface area (Å²) in [4.78, 5) is 4.07. The standard InChI is InChI=1S/C13H20ClN3O/c1-18-13(5-3-2-4-6-13)11(15)10-7-9(14)8-17-12(10)16/h7-8,11H,2-6,15H2,1H3,(H2,16,17). The number of rotatable bonds is 3. The molecule has 1 aliphatic carbocycles. The van der Waals surface area contributed by atoms with Gasteiger partial charge in [-0.3, -0.25) is 0 Å². The Hall–Kier alpha value is -0.840. The van der Waals surface area contributed by atoms with E-state index in [4.69, 9.17) is 27.8 Å². The van der Waals surface area contributed by atoms with E-state index in [1.807, 2.05) is 0 Å². The van der Waals surface area contributed by atoms with Crippen molar-refractivity contribution in [3.63, 3.8) is 0 Å². The normalized spacial score (nSPS) is 20.6. The summed E-state index contributed by atoms with van der Waals surface area (Å²) in [5.74, 6) is 0.439. The molecule has 0 aromatic carbocycles. The molecule has 1 heterocycles. The van der Waals surface area contributed by atoms with Gasteiger partial charge in [0.05, 0.1) is 16.7 Å². The summed E-state index contributed by atoms with van der Waals surface area (Å²) in [5, 5.41) is 0.553. The summed E-state index contributed by atoms with van der Waals surface area (Å²) >= 11 is 5.97. The molecule has 1 atom stereocenters. The Bertz CT molecular complexity index is 419. The zero-order chi connectivity index (χ0) is 13.2. The van der Waals surface area contributed by atoms with Gasteiger partial charge >= 0.3 is 0 Å². The lowest BCUT2D eigenvalue weighted by Crippen LogP contribution is -2.45. The predicted octanol–water partition coefficient (Wildman–Crippen LogP) is 2.67. The molecule has 0 aliphatic heterocycles. The molecule has 1 aromatic heterocycles. The molecule has 100 valence electrons. The summed E-state index contributed by atoms with van der Waals surface area (Å²) in [5.41, 5.74) is 12.7. The zero-order valence-electron chi connectivity index (χ0n) is 10.7. The van der Waals surface area contributed by atoms with Crippen LogP contribution in [0.1, 0.15) is 43.7 Å². The maximum Gasteiger partial charge on any atom is 0.128 e. The Kier molecular flexibility index (Phi) is 4.10. The van der Waals surface area contributed by atoms with Gasteiger partial charge in [-0.25, -0.2) is 4.98 Å². The number of methoxy groups -OCH3 is 1. The summed E-state index contributed by atoms with van der Waals surface area (Å²) in [6, 6.07) is 1.51. The Labute approximate surface area is 113 Å². The summed E-state index contributed by atoms with van der Waals surface area (Å²) < 4.78 is 5.74. The summed E-state index contributed by atoms with van der Waals surface area (Å²) in [7, 11) is 1.72. The van der Waals surface area contributed by atoms with Crippen molar-refractivity contribution in [3.8, 4) is 0 Å². The van der Waals surface area contributed by atoms with E-state index in [-0.39, 0.29) is 11.6 Å². The zero-order valence-corrected chi connectivity index (χ0v) is 11.4. The molecule has 2 rings (SSSR count). The molecule has 4 nitrogen and oxygen atoms in total. The van der Waals surface area contributed by atoms with Crippen LogP contribution in [0.2, 0.25) is 5.02 Å². The second-order valence-electron chi connectivity index (χ2n) is 4.94. The summed E-state index contributed by atoms with van der Waals surface area (Å²) in [6.07, 6.45) is 6.95. The molecule has 5 heteroatoms. The topological polar surface area (TPSA) is 74.2 Å². The largest absolute Gasteiger partial charge is 0.383 e. The molecular weight excluding hydrogens is 250 g/mol. The lowest BCUT2D eigenvalue weighted by Gasteiger charge is -2.41. The van der Waals surface area contributed by atoms with Crippen molar-refractivity contribution in [2.75, 3.05) is 12.8 Å². The number of aromatic nitrogens is 1. The van der Waals surface area contributed by atoms with Gasteiger partial charge < -0.3 is 16.2 Å². The van der Waals surface area contributed by atoms with Crippen LogP contribution in [0.25, 0.3) is 0 Å². The van der Waals surface area contributed by atoms with Gasteiger partial charge in [0, 0.05) is 18.9 Å². The first-order valence-corrected chi connectivity index (χ1v) is 6.68. The van der Waals surface area contributed by atoms with E-state index >= 15 is 0 Å². The molecule has 4 N–H and O–H groups in total. The van der Waals surface area contributed by atoms with Gasteiger partial charge in [0.1, 0.15) is 5.82 Å². The van der Waals surface area contributed by atoms with Gasteiger partial charge in [0.15, 0.2) is 0 Å². The van der Waals surface area contributed by atoms with Gasteiger partial charge in [0.2, 0.25) is 0 Å². The van der Waals surface area contributed by atoms with E-state index in [1.54, 1.807) is 13.2 Å². The quantitative estimate of drug-likeness (QED) is 0.885. The van der Waals surface area contributed by atoms with Crippen LogP contribution < -0.4 is 11.5 Å². The van der Waals surface area contributed by atoms with Gasteiger partial charge in [-0.1, -0.05) is 30.9 Å². The summed E-state index contributed by atoms with van der Waals surface area (Å²) in [6.45, 7) is 0. The van der Waals surface area contributed by atoms with E-state index in [0.29, 0.717) is 10.8 Å². The number of nitrogens with two attached hydrogens (primary N) is 2. The fourth-order valence-electron chi connectivity index (χ4n) is 2.79. The monoisotopic (exact) mass is 269 g/mol. The molecule has 1 fully saturated rings. The molecule has 0 saturated heterocycles. The van der Waals surface area contributed by atoms with Crippen molar-refractivity contribution in [3.05, 3.63) is 22.8 Å². The highest BCUT2D eigenvalue weighted by Crippen LogP contribution is 2.41. The van der Waals surface area contributed by atoms with Crippen LogP contribution >= 0.6 is 11.6 Å². The van der Waals surface area contributed by atoms with Crippen molar-refractivity contribution in [2.24, 2.45) is 5.73 Å². The molecule has 1 saturated carbocycles. The van der Waals surface area contributed by atoms with Crippen LogP contribution in [0.4, 0.5) is 5.82 Å². The van der Waals surface area contributed by atoms with Gasteiger partial charge in [-0.2, -0.15) is 0 Å². The average Bonchev–Trinajstić information content (AvgIpc) is 2.41. The Morgan fingerprint density at radius 3 is 2.67 bits per heavy atom. The van der Waals surface area contributed by atoms with Crippen LogP contribution in [0, 0.1) is 0 Å². The smallest absolute Gasteiger partial charge is 0.128 e. The second-order valence-corrected chi connectivity index (χ2v) is 5.37. The molecule has 1 aliphatic rings. The number of ether oxygens (including phenoxy) is 1. The number of pyridine rings is 1.